The highest BCUT2D eigenvalue weighted by molar-refractivity contribution is 7.14. The fraction of sp³-hybridized carbons (Fsp3) is 0.368. The van der Waals surface area contributed by atoms with Crippen LogP contribution in [0.15, 0.2) is 24.3 Å². The lowest BCUT2D eigenvalue weighted by atomic mass is 9.99. The molecule has 0 radical (unpaired) electrons. The van der Waals surface area contributed by atoms with Crippen molar-refractivity contribution >= 4 is 23.1 Å². The summed E-state index contributed by atoms with van der Waals surface area (Å²) >= 11 is 1.48. The number of ether oxygens (including phenoxy) is 3. The van der Waals surface area contributed by atoms with Gasteiger partial charge < -0.3 is 14.2 Å². The number of fused-ring (bicyclic) bond motifs is 1. The Kier molecular flexibility index (Phi) is 5.38. The minimum absolute atomic E-state index is 0.282. The summed E-state index contributed by atoms with van der Waals surface area (Å²) in [7, 11) is 3.03. The van der Waals surface area contributed by atoms with Crippen LogP contribution >= 0.6 is 11.3 Å². The van der Waals surface area contributed by atoms with E-state index in [0.29, 0.717) is 21.9 Å². The molecule has 132 valence electrons. The van der Waals surface area contributed by atoms with E-state index < -0.39 is 5.97 Å². The largest absolute Gasteiger partial charge is 0.493 e. The van der Waals surface area contributed by atoms with Crippen molar-refractivity contribution in [2.75, 3.05) is 20.8 Å². The summed E-state index contributed by atoms with van der Waals surface area (Å²) in [4.78, 5) is 26.3. The van der Waals surface area contributed by atoms with Crippen LogP contribution in [-0.2, 0) is 17.6 Å². The SMILES string of the molecule is COc1ccc(C(=O)COC(=O)c2cc3c(s2)CCCC3)cc1OC. The van der Waals surface area contributed by atoms with E-state index in [-0.39, 0.29) is 12.4 Å². The van der Waals surface area contributed by atoms with Crippen molar-refractivity contribution in [2.45, 2.75) is 25.7 Å². The van der Waals surface area contributed by atoms with Gasteiger partial charge in [0.05, 0.1) is 14.2 Å². The number of benzene rings is 1. The molecule has 1 aliphatic rings. The second-order valence-corrected chi connectivity index (χ2v) is 6.97. The third-order valence-electron chi connectivity index (χ3n) is 4.24. The van der Waals surface area contributed by atoms with Crippen molar-refractivity contribution in [3.8, 4) is 11.5 Å². The van der Waals surface area contributed by atoms with Crippen LogP contribution in [0.5, 0.6) is 11.5 Å². The van der Waals surface area contributed by atoms with E-state index in [9.17, 15) is 9.59 Å². The highest BCUT2D eigenvalue weighted by Crippen LogP contribution is 2.30. The molecule has 1 heterocycles. The van der Waals surface area contributed by atoms with E-state index in [1.54, 1.807) is 18.2 Å². The fourth-order valence-corrected chi connectivity index (χ4v) is 4.03. The lowest BCUT2D eigenvalue weighted by Gasteiger charge is -2.09. The summed E-state index contributed by atoms with van der Waals surface area (Å²) in [5.41, 5.74) is 1.66. The number of Topliss-reactive ketones (excluding diaryl/α,β-unsaturated/α-hetero) is 1. The molecule has 0 atom stereocenters. The lowest BCUT2D eigenvalue weighted by Crippen LogP contribution is -2.13. The van der Waals surface area contributed by atoms with Gasteiger partial charge in [0.1, 0.15) is 4.88 Å². The Balaban J connectivity index is 1.63. The molecule has 1 aromatic carbocycles. The van der Waals surface area contributed by atoms with Gasteiger partial charge >= 0.3 is 5.97 Å². The Morgan fingerprint density at radius 3 is 2.52 bits per heavy atom. The van der Waals surface area contributed by atoms with Gasteiger partial charge in [0.15, 0.2) is 23.9 Å². The number of ketones is 1. The van der Waals surface area contributed by atoms with Gasteiger partial charge in [-0.2, -0.15) is 0 Å². The lowest BCUT2D eigenvalue weighted by molar-refractivity contribution is 0.0479. The summed E-state index contributed by atoms with van der Waals surface area (Å²) in [5.74, 6) is 0.287. The van der Waals surface area contributed by atoms with Crippen molar-refractivity contribution in [2.24, 2.45) is 0 Å². The average Bonchev–Trinajstić information content (AvgIpc) is 3.09. The second kappa shape index (κ2) is 7.70. The molecule has 0 saturated heterocycles. The fourth-order valence-electron chi connectivity index (χ4n) is 2.89. The minimum Gasteiger partial charge on any atom is -0.493 e. The maximum Gasteiger partial charge on any atom is 0.348 e. The van der Waals surface area contributed by atoms with Crippen LogP contribution in [0.3, 0.4) is 0 Å². The summed E-state index contributed by atoms with van der Waals surface area (Å²) in [5, 5.41) is 0. The molecular weight excluding hydrogens is 340 g/mol. The Morgan fingerprint density at radius 1 is 1.04 bits per heavy atom. The number of hydrogen-bond acceptors (Lipinski definition) is 6. The zero-order valence-corrected chi connectivity index (χ0v) is 15.1. The third kappa shape index (κ3) is 3.85. The van der Waals surface area contributed by atoms with E-state index in [0.717, 1.165) is 19.3 Å². The number of carbonyl (C=O) groups is 2. The van der Waals surface area contributed by atoms with Crippen molar-refractivity contribution in [3.05, 3.63) is 45.1 Å². The zero-order valence-electron chi connectivity index (χ0n) is 14.3. The van der Waals surface area contributed by atoms with Gasteiger partial charge in [0.25, 0.3) is 0 Å². The van der Waals surface area contributed by atoms with E-state index in [4.69, 9.17) is 14.2 Å². The zero-order chi connectivity index (χ0) is 17.8. The van der Waals surface area contributed by atoms with Gasteiger partial charge in [-0.3, -0.25) is 4.79 Å². The molecule has 0 saturated carbocycles. The molecule has 1 aromatic heterocycles. The van der Waals surface area contributed by atoms with Crippen LogP contribution in [0.2, 0.25) is 0 Å². The van der Waals surface area contributed by atoms with Crippen LogP contribution in [0.25, 0.3) is 0 Å². The van der Waals surface area contributed by atoms with Crippen LogP contribution in [-0.4, -0.2) is 32.6 Å². The van der Waals surface area contributed by atoms with Gasteiger partial charge in [0, 0.05) is 10.4 Å². The minimum atomic E-state index is -0.437. The molecule has 0 amide bonds. The average molecular weight is 360 g/mol. The maximum absolute atomic E-state index is 12.3. The molecule has 6 heteroatoms. The second-order valence-electron chi connectivity index (χ2n) is 5.84. The molecule has 5 nitrogen and oxygen atoms in total. The Morgan fingerprint density at radius 2 is 1.80 bits per heavy atom. The van der Waals surface area contributed by atoms with Crippen molar-refractivity contribution in [1.29, 1.82) is 0 Å². The van der Waals surface area contributed by atoms with Crippen molar-refractivity contribution in [1.82, 2.24) is 0 Å². The highest BCUT2D eigenvalue weighted by Gasteiger charge is 2.19. The molecule has 1 aliphatic carbocycles. The van der Waals surface area contributed by atoms with E-state index >= 15 is 0 Å². The number of esters is 1. The van der Waals surface area contributed by atoms with Crippen LogP contribution in [0, 0.1) is 0 Å². The third-order valence-corrected chi connectivity index (χ3v) is 5.45. The number of methoxy groups -OCH3 is 2. The summed E-state index contributed by atoms with van der Waals surface area (Å²) in [6.45, 7) is -0.295. The van der Waals surface area contributed by atoms with Gasteiger partial charge in [-0.05, 0) is 55.5 Å². The molecule has 0 spiro atoms. The first kappa shape index (κ1) is 17.5. The first-order valence-corrected chi connectivity index (χ1v) is 8.98. The topological polar surface area (TPSA) is 61.8 Å². The number of thiophene rings is 1. The molecule has 0 aliphatic heterocycles. The van der Waals surface area contributed by atoms with Crippen molar-refractivity contribution < 1.29 is 23.8 Å². The summed E-state index contributed by atoms with van der Waals surface area (Å²) in [6, 6.07) is 6.77. The van der Waals surface area contributed by atoms with Gasteiger partial charge in [-0.15, -0.1) is 11.3 Å². The molecule has 0 fully saturated rings. The summed E-state index contributed by atoms with van der Waals surface area (Å²) in [6.07, 6.45) is 4.37. The predicted octanol–water partition coefficient (Wildman–Crippen LogP) is 3.68. The number of hydrogen-bond donors (Lipinski definition) is 0. The first-order chi connectivity index (χ1) is 12.1. The Hall–Kier alpha value is -2.34. The van der Waals surface area contributed by atoms with Gasteiger partial charge in [0.2, 0.25) is 0 Å². The van der Waals surface area contributed by atoms with Crippen LogP contribution in [0.1, 0.15) is 43.3 Å². The van der Waals surface area contributed by atoms with Crippen molar-refractivity contribution in [3.63, 3.8) is 0 Å². The Labute approximate surface area is 150 Å². The molecule has 0 unspecified atom stereocenters. The van der Waals surface area contributed by atoms with Gasteiger partial charge in [-0.25, -0.2) is 4.79 Å². The van der Waals surface area contributed by atoms with Gasteiger partial charge in [-0.1, -0.05) is 0 Å². The monoisotopic (exact) mass is 360 g/mol. The molecule has 2 aromatic rings. The molecule has 3 rings (SSSR count). The number of carbonyl (C=O) groups excluding carboxylic acids is 2. The first-order valence-electron chi connectivity index (χ1n) is 8.16. The van der Waals surface area contributed by atoms with Crippen LogP contribution in [0.4, 0.5) is 0 Å². The van der Waals surface area contributed by atoms with Crippen LogP contribution < -0.4 is 9.47 Å². The quantitative estimate of drug-likeness (QED) is 0.581. The maximum atomic E-state index is 12.3. The highest BCUT2D eigenvalue weighted by atomic mass is 32.1. The van der Waals surface area contributed by atoms with E-state index in [1.165, 1.54) is 42.4 Å². The molecule has 0 N–H and O–H groups in total. The smallest absolute Gasteiger partial charge is 0.348 e. The summed E-state index contributed by atoms with van der Waals surface area (Å²) < 4.78 is 15.5. The predicted molar refractivity (Wildman–Crippen MR) is 95.1 cm³/mol. The molecular formula is C19H20O5S. The normalized spacial score (nSPS) is 13.0. The molecule has 25 heavy (non-hydrogen) atoms. The number of aryl methyl sites for hydroxylation is 2. The Bertz CT molecular complexity index is 770. The van der Waals surface area contributed by atoms with E-state index in [2.05, 4.69) is 0 Å². The van der Waals surface area contributed by atoms with E-state index in [1.807, 2.05) is 6.07 Å². The number of rotatable bonds is 6. The molecule has 0 bridgehead atoms. The standard InChI is InChI=1S/C19H20O5S/c1-22-15-8-7-12(9-16(15)23-2)14(20)11-24-19(21)18-10-13-5-3-4-6-17(13)25-18/h7-10H,3-6,11H2,1-2H3.